The first kappa shape index (κ1) is 28.7. The molecule has 0 rings (SSSR count). The van der Waals surface area contributed by atoms with Crippen molar-refractivity contribution in [2.75, 3.05) is 74.5 Å². The standard InChI is InChI=1S/C21H47N7O2/c1-22-12-8-6-10-18(24-3)20(29)26-14-16-28(5)17-15-27-21(30)19(25-4)11-7-9-13-23-2/h18-19,22-25H,6-17H2,1-5H3,(H,26,29)(H,27,30). The Hall–Kier alpha value is -1.26. The Morgan fingerprint density at radius 3 is 1.40 bits per heavy atom. The predicted octanol–water partition coefficient (Wildman–Crippen LogP) is -0.894. The molecule has 9 nitrogen and oxygen atoms in total. The third-order valence-corrected chi connectivity index (χ3v) is 5.25. The van der Waals surface area contributed by atoms with Crippen LogP contribution in [0.15, 0.2) is 0 Å². The van der Waals surface area contributed by atoms with Crippen LogP contribution < -0.4 is 31.9 Å². The van der Waals surface area contributed by atoms with Crippen LogP contribution in [-0.2, 0) is 9.59 Å². The van der Waals surface area contributed by atoms with E-state index in [9.17, 15) is 9.59 Å². The SMILES string of the molecule is CNCCCCC(NC)C(=O)NCCN(C)CCNC(=O)C(CCCCNC)NC. The van der Waals surface area contributed by atoms with Crippen LogP contribution in [0.2, 0.25) is 0 Å². The van der Waals surface area contributed by atoms with E-state index in [4.69, 9.17) is 0 Å². The summed E-state index contributed by atoms with van der Waals surface area (Å²) in [6.07, 6.45) is 5.85. The van der Waals surface area contributed by atoms with Crippen molar-refractivity contribution in [1.29, 1.82) is 0 Å². The summed E-state index contributed by atoms with van der Waals surface area (Å²) >= 11 is 0. The molecular formula is C21H47N7O2. The Balaban J connectivity index is 3.95. The summed E-state index contributed by atoms with van der Waals surface area (Å²) in [5.41, 5.74) is 0. The average molecular weight is 430 g/mol. The van der Waals surface area contributed by atoms with Crippen LogP contribution in [-0.4, -0.2) is 103 Å². The molecule has 2 amide bonds. The van der Waals surface area contributed by atoms with Gasteiger partial charge in [0.15, 0.2) is 0 Å². The third kappa shape index (κ3) is 14.7. The summed E-state index contributed by atoms with van der Waals surface area (Å²) in [7, 11) is 9.54. The molecule has 0 aromatic rings. The molecule has 6 N–H and O–H groups in total. The van der Waals surface area contributed by atoms with E-state index in [1.807, 2.05) is 35.2 Å². The maximum Gasteiger partial charge on any atom is 0.237 e. The molecule has 0 aliphatic heterocycles. The molecule has 0 aromatic heterocycles. The molecule has 0 saturated carbocycles. The van der Waals surface area contributed by atoms with Crippen molar-refractivity contribution >= 4 is 11.8 Å². The Labute approximate surface area is 183 Å². The van der Waals surface area contributed by atoms with Crippen molar-refractivity contribution in [2.45, 2.75) is 50.6 Å². The van der Waals surface area contributed by atoms with E-state index in [0.29, 0.717) is 13.1 Å². The molecule has 0 aromatic carbocycles. The summed E-state index contributed by atoms with van der Waals surface area (Å²) in [6.45, 7) is 4.65. The Bertz CT molecular complexity index is 400. The van der Waals surface area contributed by atoms with Crippen LogP contribution in [0.5, 0.6) is 0 Å². The molecule has 178 valence electrons. The lowest BCUT2D eigenvalue weighted by Crippen LogP contribution is -2.46. The first-order valence-electron chi connectivity index (χ1n) is 11.4. The van der Waals surface area contributed by atoms with E-state index in [2.05, 4.69) is 36.8 Å². The minimum absolute atomic E-state index is 0.0544. The van der Waals surface area contributed by atoms with Crippen LogP contribution in [0.1, 0.15) is 38.5 Å². The number of rotatable bonds is 20. The number of hydrogen-bond donors (Lipinski definition) is 6. The van der Waals surface area contributed by atoms with E-state index in [0.717, 1.165) is 64.7 Å². The van der Waals surface area contributed by atoms with Gasteiger partial charge in [-0.25, -0.2) is 0 Å². The highest BCUT2D eigenvalue weighted by Gasteiger charge is 2.16. The van der Waals surface area contributed by atoms with Crippen LogP contribution >= 0.6 is 0 Å². The number of hydrogen-bond acceptors (Lipinski definition) is 7. The molecule has 0 aliphatic carbocycles. The molecule has 0 heterocycles. The molecule has 0 fully saturated rings. The quantitative estimate of drug-likeness (QED) is 0.139. The predicted molar refractivity (Wildman–Crippen MR) is 125 cm³/mol. The largest absolute Gasteiger partial charge is 0.353 e. The van der Waals surface area contributed by atoms with Gasteiger partial charge in [-0.2, -0.15) is 0 Å². The van der Waals surface area contributed by atoms with E-state index >= 15 is 0 Å². The van der Waals surface area contributed by atoms with Crippen molar-refractivity contribution in [3.8, 4) is 0 Å². The van der Waals surface area contributed by atoms with Gasteiger partial charge in [0.2, 0.25) is 11.8 Å². The van der Waals surface area contributed by atoms with Crippen LogP contribution in [0, 0.1) is 0 Å². The fourth-order valence-corrected chi connectivity index (χ4v) is 3.21. The topological polar surface area (TPSA) is 110 Å². The van der Waals surface area contributed by atoms with Gasteiger partial charge in [-0.15, -0.1) is 0 Å². The molecule has 0 radical (unpaired) electrons. The lowest BCUT2D eigenvalue weighted by atomic mass is 10.1. The Morgan fingerprint density at radius 1 is 0.667 bits per heavy atom. The zero-order valence-electron chi connectivity index (χ0n) is 19.9. The summed E-state index contributed by atoms with van der Waals surface area (Å²) < 4.78 is 0. The number of carbonyl (C=O) groups is 2. The highest BCUT2D eigenvalue weighted by atomic mass is 16.2. The number of amides is 2. The van der Waals surface area contributed by atoms with E-state index in [-0.39, 0.29) is 23.9 Å². The van der Waals surface area contributed by atoms with E-state index < -0.39 is 0 Å². The lowest BCUT2D eigenvalue weighted by Gasteiger charge is -2.21. The second-order valence-electron chi connectivity index (χ2n) is 7.77. The molecule has 0 aliphatic rings. The highest BCUT2D eigenvalue weighted by Crippen LogP contribution is 2.01. The Kier molecular flexibility index (Phi) is 18.9. The average Bonchev–Trinajstić information content (AvgIpc) is 2.73. The minimum Gasteiger partial charge on any atom is -0.353 e. The van der Waals surface area contributed by atoms with Gasteiger partial charge in [-0.3, -0.25) is 9.59 Å². The molecule has 2 atom stereocenters. The Morgan fingerprint density at radius 2 is 1.07 bits per heavy atom. The fourth-order valence-electron chi connectivity index (χ4n) is 3.21. The van der Waals surface area contributed by atoms with Crippen molar-refractivity contribution in [3.05, 3.63) is 0 Å². The number of carbonyl (C=O) groups excluding carboxylic acids is 2. The van der Waals surface area contributed by atoms with Gasteiger partial charge < -0.3 is 36.8 Å². The van der Waals surface area contributed by atoms with Gasteiger partial charge in [-0.05, 0) is 74.0 Å². The van der Waals surface area contributed by atoms with Gasteiger partial charge in [0.1, 0.15) is 0 Å². The zero-order chi connectivity index (χ0) is 22.6. The first-order chi connectivity index (χ1) is 14.5. The lowest BCUT2D eigenvalue weighted by molar-refractivity contribution is -0.123. The smallest absolute Gasteiger partial charge is 0.237 e. The van der Waals surface area contributed by atoms with Gasteiger partial charge in [0, 0.05) is 26.2 Å². The van der Waals surface area contributed by atoms with Crippen LogP contribution in [0.25, 0.3) is 0 Å². The molecule has 0 saturated heterocycles. The van der Waals surface area contributed by atoms with Crippen molar-refractivity contribution in [3.63, 3.8) is 0 Å². The van der Waals surface area contributed by atoms with E-state index in [1.54, 1.807) is 0 Å². The molecule has 9 heteroatoms. The maximum absolute atomic E-state index is 12.3. The molecular weight excluding hydrogens is 382 g/mol. The maximum atomic E-state index is 12.3. The minimum atomic E-state index is -0.141. The summed E-state index contributed by atoms with van der Waals surface area (Å²) in [5, 5.41) is 18.5. The number of unbranched alkanes of at least 4 members (excludes halogenated alkanes) is 2. The molecule has 2 unspecified atom stereocenters. The van der Waals surface area contributed by atoms with Crippen LogP contribution in [0.4, 0.5) is 0 Å². The highest BCUT2D eigenvalue weighted by molar-refractivity contribution is 5.82. The molecule has 0 spiro atoms. The van der Waals surface area contributed by atoms with Crippen LogP contribution in [0.3, 0.4) is 0 Å². The van der Waals surface area contributed by atoms with E-state index in [1.165, 1.54) is 0 Å². The molecule has 0 bridgehead atoms. The van der Waals surface area contributed by atoms with Crippen molar-refractivity contribution < 1.29 is 9.59 Å². The summed E-state index contributed by atoms with van der Waals surface area (Å²) in [6, 6.07) is -0.281. The monoisotopic (exact) mass is 429 g/mol. The summed E-state index contributed by atoms with van der Waals surface area (Å²) in [5.74, 6) is 0.109. The van der Waals surface area contributed by atoms with Gasteiger partial charge in [0.05, 0.1) is 12.1 Å². The number of likely N-dealkylation sites (N-methyl/N-ethyl adjacent to an activating group) is 3. The number of nitrogens with zero attached hydrogens (tertiary/aromatic N) is 1. The van der Waals surface area contributed by atoms with Gasteiger partial charge in [-0.1, -0.05) is 12.8 Å². The first-order valence-corrected chi connectivity index (χ1v) is 11.4. The summed E-state index contributed by atoms with van der Waals surface area (Å²) in [4.78, 5) is 26.7. The van der Waals surface area contributed by atoms with Gasteiger partial charge >= 0.3 is 0 Å². The molecule has 30 heavy (non-hydrogen) atoms. The number of nitrogens with one attached hydrogen (secondary N) is 6. The fraction of sp³-hybridized carbons (Fsp3) is 0.905. The van der Waals surface area contributed by atoms with Crippen molar-refractivity contribution in [1.82, 2.24) is 36.8 Å². The second-order valence-corrected chi connectivity index (χ2v) is 7.77. The zero-order valence-corrected chi connectivity index (χ0v) is 19.9. The second kappa shape index (κ2) is 19.7. The van der Waals surface area contributed by atoms with Gasteiger partial charge in [0.25, 0.3) is 0 Å². The third-order valence-electron chi connectivity index (χ3n) is 5.25. The normalized spacial score (nSPS) is 13.3. The van der Waals surface area contributed by atoms with Crippen molar-refractivity contribution in [2.24, 2.45) is 0 Å².